The predicted molar refractivity (Wildman–Crippen MR) is 114 cm³/mol. The van der Waals surface area contributed by atoms with Gasteiger partial charge < -0.3 is 25.0 Å². The van der Waals surface area contributed by atoms with Crippen LogP contribution in [0.1, 0.15) is 22.9 Å². The van der Waals surface area contributed by atoms with Gasteiger partial charge >= 0.3 is 6.09 Å². The van der Waals surface area contributed by atoms with Gasteiger partial charge in [0.25, 0.3) is 0 Å². The van der Waals surface area contributed by atoms with Crippen LogP contribution < -0.4 is 4.74 Å². The number of hydrogen-bond acceptors (Lipinski definition) is 5. The summed E-state index contributed by atoms with van der Waals surface area (Å²) in [7, 11) is 0. The van der Waals surface area contributed by atoms with Crippen molar-refractivity contribution < 1.29 is 24.9 Å². The van der Waals surface area contributed by atoms with E-state index in [1.54, 1.807) is 41.3 Å². The zero-order chi connectivity index (χ0) is 21.5. The van der Waals surface area contributed by atoms with Crippen LogP contribution in [0.3, 0.4) is 0 Å². The minimum absolute atomic E-state index is 0.0886. The van der Waals surface area contributed by atoms with Gasteiger partial charge in [0, 0.05) is 23.1 Å². The van der Waals surface area contributed by atoms with Gasteiger partial charge in [0.15, 0.2) is 0 Å². The Hall–Kier alpha value is -4.13. The Bertz CT molecular complexity index is 1260. The van der Waals surface area contributed by atoms with Crippen molar-refractivity contribution in [1.82, 2.24) is 9.88 Å². The molecule has 0 aliphatic carbocycles. The van der Waals surface area contributed by atoms with Crippen LogP contribution in [0.5, 0.6) is 23.0 Å². The van der Waals surface area contributed by atoms with Crippen molar-refractivity contribution >= 4 is 17.0 Å². The molecule has 2 heterocycles. The number of fused-ring (bicyclic) bond motifs is 3. The summed E-state index contributed by atoms with van der Waals surface area (Å²) in [6.07, 6.45) is 0.0776. The Balaban J connectivity index is 1.58. The van der Waals surface area contributed by atoms with Crippen LogP contribution in [-0.2, 0) is 6.42 Å². The van der Waals surface area contributed by atoms with Crippen molar-refractivity contribution in [2.45, 2.75) is 12.5 Å². The topological polar surface area (TPSA) is 106 Å². The second-order valence-corrected chi connectivity index (χ2v) is 7.55. The molecule has 0 radical (unpaired) electrons. The highest BCUT2D eigenvalue weighted by atomic mass is 16.6. The number of H-pyrrole nitrogens is 1. The molecule has 3 aromatic carbocycles. The van der Waals surface area contributed by atoms with Crippen LogP contribution >= 0.6 is 0 Å². The molecule has 1 aliphatic rings. The third-order valence-electron chi connectivity index (χ3n) is 5.60. The van der Waals surface area contributed by atoms with Gasteiger partial charge in [0.2, 0.25) is 0 Å². The molecule has 4 N–H and O–H groups in total. The molecule has 1 aromatic heterocycles. The fourth-order valence-corrected chi connectivity index (χ4v) is 4.15. The minimum Gasteiger partial charge on any atom is -0.508 e. The Morgan fingerprint density at radius 3 is 2.26 bits per heavy atom. The lowest BCUT2D eigenvalue weighted by Crippen LogP contribution is -2.42. The summed E-state index contributed by atoms with van der Waals surface area (Å²) in [5, 5.41) is 30.0. The molecule has 7 heteroatoms. The van der Waals surface area contributed by atoms with Crippen molar-refractivity contribution in [3.05, 3.63) is 83.6 Å². The van der Waals surface area contributed by atoms with Gasteiger partial charge in [0.05, 0.1) is 0 Å². The standard InChI is InChI=1S/C24H20N2O5/c27-15-3-1-14(2-4-15)23-22-19(20-13-17(29)7-10-21(20)25-22)11-12-26(23)24(30)31-18-8-5-16(28)6-9-18/h1-10,13,23,25,27-29H,11-12H2. The molecule has 0 saturated heterocycles. The lowest BCUT2D eigenvalue weighted by Gasteiger charge is -2.35. The number of nitrogens with one attached hydrogen (secondary N) is 1. The average molecular weight is 416 g/mol. The summed E-state index contributed by atoms with van der Waals surface area (Å²) in [4.78, 5) is 18.2. The number of aromatic hydroxyl groups is 3. The molecular weight excluding hydrogens is 396 g/mol. The molecular formula is C24H20N2O5. The van der Waals surface area contributed by atoms with E-state index in [-0.39, 0.29) is 17.2 Å². The zero-order valence-electron chi connectivity index (χ0n) is 16.4. The molecule has 1 amide bonds. The van der Waals surface area contributed by atoms with Crippen LogP contribution in [0.4, 0.5) is 4.79 Å². The van der Waals surface area contributed by atoms with Crippen LogP contribution in [0.2, 0.25) is 0 Å². The van der Waals surface area contributed by atoms with Gasteiger partial charge in [0.1, 0.15) is 29.0 Å². The second-order valence-electron chi connectivity index (χ2n) is 7.55. The van der Waals surface area contributed by atoms with E-state index in [0.29, 0.717) is 18.7 Å². The van der Waals surface area contributed by atoms with E-state index in [1.165, 1.54) is 24.3 Å². The van der Waals surface area contributed by atoms with Crippen molar-refractivity contribution in [2.75, 3.05) is 6.54 Å². The van der Waals surface area contributed by atoms with Gasteiger partial charge in [-0.05, 0) is 72.1 Å². The Morgan fingerprint density at radius 2 is 1.55 bits per heavy atom. The molecule has 0 fully saturated rings. The SMILES string of the molecule is O=C(Oc1ccc(O)cc1)N1CCc2c([nH]c3ccc(O)cc23)C1c1ccc(O)cc1. The maximum absolute atomic E-state index is 13.1. The summed E-state index contributed by atoms with van der Waals surface area (Å²) < 4.78 is 5.57. The number of carbonyl (C=O) groups excluding carboxylic acids is 1. The third kappa shape index (κ3) is 3.40. The highest BCUT2D eigenvalue weighted by molar-refractivity contribution is 5.87. The van der Waals surface area contributed by atoms with Crippen molar-refractivity contribution in [3.8, 4) is 23.0 Å². The number of phenols is 3. The maximum atomic E-state index is 13.1. The number of benzene rings is 3. The molecule has 1 unspecified atom stereocenters. The van der Waals surface area contributed by atoms with Crippen molar-refractivity contribution in [1.29, 1.82) is 0 Å². The summed E-state index contributed by atoms with van der Waals surface area (Å²) in [6, 6.07) is 17.4. The van der Waals surface area contributed by atoms with Gasteiger partial charge in [-0.3, -0.25) is 4.90 Å². The summed E-state index contributed by atoms with van der Waals surface area (Å²) in [5.41, 5.74) is 3.58. The van der Waals surface area contributed by atoms with E-state index in [2.05, 4.69) is 4.98 Å². The molecule has 1 atom stereocenters. The fourth-order valence-electron chi connectivity index (χ4n) is 4.15. The molecule has 156 valence electrons. The highest BCUT2D eigenvalue weighted by Crippen LogP contribution is 2.40. The number of amides is 1. The number of ether oxygens (including phenoxy) is 1. The molecule has 4 aromatic rings. The maximum Gasteiger partial charge on any atom is 0.416 e. The number of aromatic amines is 1. The Morgan fingerprint density at radius 1 is 0.903 bits per heavy atom. The molecule has 0 saturated carbocycles. The average Bonchev–Trinajstić information content (AvgIpc) is 3.13. The number of rotatable bonds is 2. The molecule has 5 rings (SSSR count). The van der Waals surface area contributed by atoms with E-state index < -0.39 is 12.1 Å². The van der Waals surface area contributed by atoms with Gasteiger partial charge in [-0.2, -0.15) is 0 Å². The third-order valence-corrected chi connectivity index (χ3v) is 5.60. The quantitative estimate of drug-likeness (QED) is 0.387. The van der Waals surface area contributed by atoms with Gasteiger partial charge in [-0.15, -0.1) is 0 Å². The number of aromatic nitrogens is 1. The normalized spacial score (nSPS) is 15.6. The van der Waals surface area contributed by atoms with E-state index in [1.807, 2.05) is 6.07 Å². The van der Waals surface area contributed by atoms with Crippen LogP contribution in [-0.4, -0.2) is 37.8 Å². The summed E-state index contributed by atoms with van der Waals surface area (Å²) in [6.45, 7) is 0.415. The fraction of sp³-hybridized carbons (Fsp3) is 0.125. The van der Waals surface area contributed by atoms with E-state index >= 15 is 0 Å². The lowest BCUT2D eigenvalue weighted by molar-refractivity contribution is 0.135. The van der Waals surface area contributed by atoms with Crippen molar-refractivity contribution in [2.24, 2.45) is 0 Å². The molecule has 31 heavy (non-hydrogen) atoms. The van der Waals surface area contributed by atoms with Crippen LogP contribution in [0.25, 0.3) is 10.9 Å². The first-order valence-corrected chi connectivity index (χ1v) is 9.89. The van der Waals surface area contributed by atoms with Crippen LogP contribution in [0.15, 0.2) is 66.7 Å². The van der Waals surface area contributed by atoms with Crippen molar-refractivity contribution in [3.63, 3.8) is 0 Å². The number of carbonyl (C=O) groups is 1. The molecule has 7 nitrogen and oxygen atoms in total. The first-order chi connectivity index (χ1) is 15.0. The Kier molecular flexibility index (Phi) is 4.43. The largest absolute Gasteiger partial charge is 0.508 e. The number of hydrogen-bond donors (Lipinski definition) is 4. The monoisotopic (exact) mass is 416 g/mol. The predicted octanol–water partition coefficient (Wildman–Crippen LogP) is 4.43. The summed E-state index contributed by atoms with van der Waals surface area (Å²) in [5.74, 6) is 0.745. The highest BCUT2D eigenvalue weighted by Gasteiger charge is 2.35. The molecule has 0 spiro atoms. The minimum atomic E-state index is -0.518. The van der Waals surface area contributed by atoms with E-state index in [9.17, 15) is 20.1 Å². The van der Waals surface area contributed by atoms with E-state index in [4.69, 9.17) is 4.74 Å². The number of nitrogens with zero attached hydrogens (tertiary/aromatic N) is 1. The molecule has 0 bridgehead atoms. The summed E-state index contributed by atoms with van der Waals surface area (Å²) >= 11 is 0. The smallest absolute Gasteiger partial charge is 0.416 e. The Labute approximate surface area is 177 Å². The number of phenolic OH excluding ortho intramolecular Hbond substituents is 3. The van der Waals surface area contributed by atoms with Gasteiger partial charge in [-0.25, -0.2) is 4.79 Å². The second kappa shape index (κ2) is 7.28. The zero-order valence-corrected chi connectivity index (χ0v) is 16.4. The van der Waals surface area contributed by atoms with Crippen LogP contribution in [0, 0.1) is 0 Å². The lowest BCUT2D eigenvalue weighted by atomic mass is 9.92. The first kappa shape index (κ1) is 18.9. The van der Waals surface area contributed by atoms with Gasteiger partial charge in [-0.1, -0.05) is 12.1 Å². The van der Waals surface area contributed by atoms with E-state index in [0.717, 1.165) is 27.7 Å². The molecule has 1 aliphatic heterocycles. The first-order valence-electron chi connectivity index (χ1n) is 9.89.